The van der Waals surface area contributed by atoms with Gasteiger partial charge in [0, 0.05) is 6.54 Å². The van der Waals surface area contributed by atoms with Crippen LogP contribution in [0.25, 0.3) is 0 Å². The van der Waals surface area contributed by atoms with Gasteiger partial charge in [0.25, 0.3) is 0 Å². The Hall–Kier alpha value is -1.58. The maximum atomic E-state index is 13.4. The number of guanidine groups is 1. The maximum Gasteiger partial charge on any atom is 0.193 e. The molecule has 16 heavy (non-hydrogen) atoms. The Kier molecular flexibility index (Phi) is 4.28. The second kappa shape index (κ2) is 5.49. The molecule has 0 aliphatic carbocycles. The van der Waals surface area contributed by atoms with Crippen molar-refractivity contribution in [3.8, 4) is 0 Å². The summed E-state index contributed by atoms with van der Waals surface area (Å²) < 4.78 is 13.4. The Morgan fingerprint density at radius 2 is 2.19 bits per heavy atom. The minimum Gasteiger partial charge on any atom is -0.370 e. The number of aryl methyl sites for hydroxylation is 1. The van der Waals surface area contributed by atoms with Crippen molar-refractivity contribution in [3.63, 3.8) is 0 Å². The number of para-hydroxylation sites is 1. The number of aliphatic imine (C=N–C) groups is 1. The SMILES string of the molecule is Cc1cccc(F)c1NC(N)=NCC(C)C. The maximum absolute atomic E-state index is 13.4. The summed E-state index contributed by atoms with van der Waals surface area (Å²) in [4.78, 5) is 4.12. The van der Waals surface area contributed by atoms with Crippen LogP contribution >= 0.6 is 0 Å². The molecule has 0 aliphatic heterocycles. The molecule has 1 aromatic rings. The molecule has 3 N–H and O–H groups in total. The minimum atomic E-state index is -0.317. The van der Waals surface area contributed by atoms with E-state index in [0.717, 1.165) is 5.56 Å². The van der Waals surface area contributed by atoms with Gasteiger partial charge >= 0.3 is 0 Å². The second-order valence-electron chi connectivity index (χ2n) is 4.18. The fourth-order valence-electron chi connectivity index (χ4n) is 1.24. The molecule has 0 atom stereocenters. The molecule has 0 heterocycles. The summed E-state index contributed by atoms with van der Waals surface area (Å²) >= 11 is 0. The summed E-state index contributed by atoms with van der Waals surface area (Å²) in [6.45, 7) is 6.55. The second-order valence-corrected chi connectivity index (χ2v) is 4.18. The molecular formula is C12H18FN3. The number of nitrogens with one attached hydrogen (secondary N) is 1. The molecule has 88 valence electrons. The fourth-order valence-corrected chi connectivity index (χ4v) is 1.24. The highest BCUT2D eigenvalue weighted by Gasteiger charge is 2.05. The van der Waals surface area contributed by atoms with Gasteiger partial charge in [-0.1, -0.05) is 26.0 Å². The van der Waals surface area contributed by atoms with Crippen LogP contribution in [0.4, 0.5) is 10.1 Å². The monoisotopic (exact) mass is 223 g/mol. The topological polar surface area (TPSA) is 50.4 Å². The van der Waals surface area contributed by atoms with Crippen molar-refractivity contribution in [1.82, 2.24) is 0 Å². The van der Waals surface area contributed by atoms with E-state index in [1.807, 2.05) is 26.8 Å². The Labute approximate surface area is 95.6 Å². The molecular weight excluding hydrogens is 205 g/mol. The molecule has 0 fully saturated rings. The molecule has 0 unspecified atom stereocenters. The third-order valence-electron chi connectivity index (χ3n) is 2.10. The number of nitrogens with zero attached hydrogens (tertiary/aromatic N) is 1. The number of anilines is 1. The van der Waals surface area contributed by atoms with E-state index in [2.05, 4.69) is 10.3 Å². The zero-order valence-electron chi connectivity index (χ0n) is 9.92. The van der Waals surface area contributed by atoms with E-state index in [1.165, 1.54) is 6.07 Å². The van der Waals surface area contributed by atoms with Crippen LogP contribution in [0.2, 0.25) is 0 Å². The molecule has 1 aromatic carbocycles. The van der Waals surface area contributed by atoms with E-state index < -0.39 is 0 Å². The fraction of sp³-hybridized carbons (Fsp3) is 0.417. The first-order valence-corrected chi connectivity index (χ1v) is 5.32. The minimum absolute atomic E-state index is 0.252. The highest BCUT2D eigenvalue weighted by atomic mass is 19.1. The number of hydrogen-bond donors (Lipinski definition) is 2. The molecule has 0 radical (unpaired) electrons. The first kappa shape index (κ1) is 12.5. The van der Waals surface area contributed by atoms with Crippen molar-refractivity contribution in [2.24, 2.45) is 16.6 Å². The lowest BCUT2D eigenvalue weighted by molar-refractivity contribution is 0.631. The lowest BCUT2D eigenvalue weighted by Gasteiger charge is -2.10. The van der Waals surface area contributed by atoms with Gasteiger partial charge in [-0.25, -0.2) is 4.39 Å². The third-order valence-corrected chi connectivity index (χ3v) is 2.10. The Balaban J connectivity index is 2.76. The van der Waals surface area contributed by atoms with Crippen molar-refractivity contribution >= 4 is 11.6 Å². The van der Waals surface area contributed by atoms with Crippen LogP contribution in [0.5, 0.6) is 0 Å². The van der Waals surface area contributed by atoms with Gasteiger partial charge < -0.3 is 11.1 Å². The number of halogens is 1. The molecule has 0 aliphatic rings. The summed E-state index contributed by atoms with van der Waals surface area (Å²) in [5.41, 5.74) is 6.87. The van der Waals surface area contributed by atoms with Crippen molar-refractivity contribution in [3.05, 3.63) is 29.6 Å². The van der Waals surface area contributed by atoms with Crippen LogP contribution in [0.1, 0.15) is 19.4 Å². The molecule has 0 saturated carbocycles. The van der Waals surface area contributed by atoms with E-state index in [-0.39, 0.29) is 11.8 Å². The van der Waals surface area contributed by atoms with E-state index in [0.29, 0.717) is 18.2 Å². The van der Waals surface area contributed by atoms with Crippen LogP contribution in [0.3, 0.4) is 0 Å². The van der Waals surface area contributed by atoms with Gasteiger partial charge in [-0.2, -0.15) is 0 Å². The van der Waals surface area contributed by atoms with Crippen molar-refractivity contribution < 1.29 is 4.39 Å². The smallest absolute Gasteiger partial charge is 0.193 e. The van der Waals surface area contributed by atoms with Gasteiger partial charge in [0.1, 0.15) is 5.82 Å². The number of hydrogen-bond acceptors (Lipinski definition) is 1. The van der Waals surface area contributed by atoms with Crippen molar-refractivity contribution in [2.45, 2.75) is 20.8 Å². The lowest BCUT2D eigenvalue weighted by Crippen LogP contribution is -2.24. The molecule has 0 bridgehead atoms. The zero-order chi connectivity index (χ0) is 12.1. The standard InChI is InChI=1S/C12H18FN3/c1-8(2)7-15-12(14)16-11-9(3)5-4-6-10(11)13/h4-6,8H,7H2,1-3H3,(H3,14,15,16). The lowest BCUT2D eigenvalue weighted by atomic mass is 10.2. The number of rotatable bonds is 3. The van der Waals surface area contributed by atoms with Crippen molar-refractivity contribution in [1.29, 1.82) is 0 Å². The molecule has 1 rings (SSSR count). The van der Waals surface area contributed by atoms with Crippen LogP contribution in [0.15, 0.2) is 23.2 Å². The van der Waals surface area contributed by atoms with E-state index in [4.69, 9.17) is 5.73 Å². The van der Waals surface area contributed by atoms with Crippen LogP contribution in [-0.4, -0.2) is 12.5 Å². The Bertz CT molecular complexity index is 366. The van der Waals surface area contributed by atoms with Gasteiger partial charge in [0.2, 0.25) is 0 Å². The van der Waals surface area contributed by atoms with E-state index in [1.54, 1.807) is 6.07 Å². The van der Waals surface area contributed by atoms with Crippen LogP contribution < -0.4 is 11.1 Å². The van der Waals surface area contributed by atoms with Crippen LogP contribution in [0, 0.1) is 18.7 Å². The number of nitrogens with two attached hydrogens (primary N) is 1. The van der Waals surface area contributed by atoms with Gasteiger partial charge in [-0.3, -0.25) is 4.99 Å². The average Bonchev–Trinajstić information content (AvgIpc) is 2.21. The highest BCUT2D eigenvalue weighted by molar-refractivity contribution is 5.93. The predicted octanol–water partition coefficient (Wildman–Crippen LogP) is 2.52. The van der Waals surface area contributed by atoms with Gasteiger partial charge in [-0.05, 0) is 24.5 Å². The van der Waals surface area contributed by atoms with E-state index >= 15 is 0 Å². The summed E-state index contributed by atoms with van der Waals surface area (Å²) in [7, 11) is 0. The van der Waals surface area contributed by atoms with Crippen LogP contribution in [-0.2, 0) is 0 Å². The normalized spacial score (nSPS) is 11.9. The Morgan fingerprint density at radius 3 is 2.75 bits per heavy atom. The van der Waals surface area contributed by atoms with Crippen molar-refractivity contribution in [2.75, 3.05) is 11.9 Å². The summed E-state index contributed by atoms with van der Waals surface area (Å²) in [5, 5.41) is 2.79. The summed E-state index contributed by atoms with van der Waals surface area (Å²) in [6, 6.07) is 4.88. The highest BCUT2D eigenvalue weighted by Crippen LogP contribution is 2.18. The molecule has 0 saturated heterocycles. The van der Waals surface area contributed by atoms with E-state index in [9.17, 15) is 4.39 Å². The molecule has 0 spiro atoms. The largest absolute Gasteiger partial charge is 0.370 e. The first-order chi connectivity index (χ1) is 7.50. The van der Waals surface area contributed by atoms with Gasteiger partial charge in [0.15, 0.2) is 5.96 Å². The molecule has 3 nitrogen and oxygen atoms in total. The Morgan fingerprint density at radius 1 is 1.50 bits per heavy atom. The van der Waals surface area contributed by atoms with Gasteiger partial charge in [-0.15, -0.1) is 0 Å². The molecule has 0 aromatic heterocycles. The molecule has 4 heteroatoms. The zero-order valence-corrected chi connectivity index (χ0v) is 9.92. The predicted molar refractivity (Wildman–Crippen MR) is 66.1 cm³/mol. The number of benzene rings is 1. The summed E-state index contributed by atoms with van der Waals surface area (Å²) in [5.74, 6) is 0.367. The quantitative estimate of drug-likeness (QED) is 0.611. The van der Waals surface area contributed by atoms with Gasteiger partial charge in [0.05, 0.1) is 5.69 Å². The average molecular weight is 223 g/mol. The molecule has 0 amide bonds. The summed E-state index contributed by atoms with van der Waals surface area (Å²) in [6.07, 6.45) is 0. The third kappa shape index (κ3) is 3.53. The first-order valence-electron chi connectivity index (χ1n) is 5.32.